The lowest BCUT2D eigenvalue weighted by Crippen LogP contribution is -3.00. The van der Waals surface area contributed by atoms with Crippen LogP contribution in [0.1, 0.15) is 41.5 Å². The normalized spacial score (nSPS) is 21.7. The molecule has 0 bridgehead atoms. The standard InChI is InChI=1S/C17H46F6N4Si7/c1-16(2,3)33(20,21)26(32(15,18)19)29(9,10)24-28(7,8)25-30(11,12)27(31(25,13)14)34(22,23)17(4,5)6/h24H,1-15H3. The zero-order valence-corrected chi connectivity index (χ0v) is 30.6. The first-order valence-electron chi connectivity index (χ1n) is 11.6. The second-order valence-corrected chi connectivity index (χ2v) is 41.8. The molecule has 4 nitrogen and oxygen atoms in total. The molecule has 0 atom stereocenters. The molecular formula is C17H46F6N4Si7. The van der Waals surface area contributed by atoms with Gasteiger partial charge in [-0.1, -0.05) is 41.5 Å². The van der Waals surface area contributed by atoms with E-state index >= 15 is 16.4 Å². The van der Waals surface area contributed by atoms with Crippen LogP contribution in [0, 0.1) is 0 Å². The fourth-order valence-electron chi connectivity index (χ4n) is 6.17. The Labute approximate surface area is 211 Å². The molecule has 204 valence electrons. The molecule has 0 unspecified atom stereocenters. The van der Waals surface area contributed by atoms with E-state index in [4.69, 9.17) is 0 Å². The Morgan fingerprint density at radius 1 is 0.647 bits per heavy atom. The largest absolute Gasteiger partial charge is 0.504 e. The highest BCUT2D eigenvalue weighted by atomic mass is 28.6. The van der Waals surface area contributed by atoms with E-state index in [0.717, 1.165) is 0 Å². The molecule has 1 aliphatic rings. The van der Waals surface area contributed by atoms with Crippen molar-refractivity contribution in [2.45, 2.75) is 111 Å². The Balaban J connectivity index is 3.54. The summed E-state index contributed by atoms with van der Waals surface area (Å²) in [6.45, 7) is 23.9. The van der Waals surface area contributed by atoms with E-state index in [1.165, 1.54) is 33.9 Å². The number of rotatable bonds is 7. The lowest BCUT2D eigenvalue weighted by Gasteiger charge is -2.74. The molecule has 1 rings (SSSR count). The van der Waals surface area contributed by atoms with Crippen LogP contribution in [-0.4, -0.2) is 72.0 Å². The van der Waals surface area contributed by atoms with Crippen LogP contribution < -0.4 is 4.65 Å². The van der Waals surface area contributed by atoms with Crippen molar-refractivity contribution in [2.24, 2.45) is 0 Å². The molecule has 1 heterocycles. The third kappa shape index (κ3) is 5.39. The monoisotopic (exact) mass is 616 g/mol. The molecule has 1 N–H and O–H groups in total. The number of halogens is 6. The van der Waals surface area contributed by atoms with Crippen LogP contribution in [0.5, 0.6) is 0 Å². The van der Waals surface area contributed by atoms with Gasteiger partial charge < -0.3 is 8.54 Å². The van der Waals surface area contributed by atoms with Crippen molar-refractivity contribution in [2.75, 3.05) is 0 Å². The van der Waals surface area contributed by atoms with Crippen LogP contribution in [0.3, 0.4) is 0 Å². The predicted octanol–water partition coefficient (Wildman–Crippen LogP) is 7.17. The topological polar surface area (TPSA) is 21.8 Å². The van der Waals surface area contributed by atoms with Crippen LogP contribution in [0.25, 0.3) is 0 Å². The summed E-state index contributed by atoms with van der Waals surface area (Å²) in [6, 6.07) is 0. The van der Waals surface area contributed by atoms with Gasteiger partial charge in [-0.05, 0) is 52.4 Å². The van der Waals surface area contributed by atoms with Gasteiger partial charge in [0.25, 0.3) is 0 Å². The lowest BCUT2D eigenvalue weighted by molar-refractivity contribution is 0.396. The van der Waals surface area contributed by atoms with Crippen molar-refractivity contribution in [1.29, 1.82) is 0 Å². The van der Waals surface area contributed by atoms with Gasteiger partial charge in [-0.15, -0.1) is 0 Å². The summed E-state index contributed by atoms with van der Waals surface area (Å²) in [5.41, 5.74) is 0. The summed E-state index contributed by atoms with van der Waals surface area (Å²) in [7, 11) is -27.7. The van der Waals surface area contributed by atoms with Gasteiger partial charge in [-0.25, -0.2) is 0 Å². The van der Waals surface area contributed by atoms with Crippen molar-refractivity contribution < 1.29 is 24.6 Å². The van der Waals surface area contributed by atoms with E-state index in [0.29, 0.717) is 10.4 Å². The van der Waals surface area contributed by atoms with E-state index in [9.17, 15) is 8.22 Å². The van der Waals surface area contributed by atoms with Crippen molar-refractivity contribution in [3.63, 3.8) is 0 Å². The average molecular weight is 617 g/mol. The zero-order valence-electron chi connectivity index (χ0n) is 23.6. The van der Waals surface area contributed by atoms with Crippen LogP contribution in [0.4, 0.5) is 24.6 Å². The average Bonchev–Trinajstić information content (AvgIpc) is 2.36. The molecular weight excluding hydrogens is 571 g/mol. The van der Waals surface area contributed by atoms with Crippen molar-refractivity contribution in [1.82, 2.24) is 16.3 Å². The molecule has 0 saturated carbocycles. The van der Waals surface area contributed by atoms with E-state index < -0.39 is 70.4 Å². The third-order valence-corrected chi connectivity index (χ3v) is 49.3. The minimum atomic E-state index is -5.52. The van der Waals surface area contributed by atoms with E-state index in [2.05, 4.69) is 8.54 Å². The predicted molar refractivity (Wildman–Crippen MR) is 148 cm³/mol. The second kappa shape index (κ2) is 8.73. The van der Waals surface area contributed by atoms with Gasteiger partial charge in [-0.2, -0.15) is 0 Å². The Morgan fingerprint density at radius 3 is 1.26 bits per heavy atom. The molecule has 0 spiro atoms. The first kappa shape index (κ1) is 33.0. The number of hydrogen-bond acceptors (Lipinski definition) is 4. The summed E-state index contributed by atoms with van der Waals surface area (Å²) in [4.78, 5) is 0. The fraction of sp³-hybridized carbons (Fsp3) is 1.00. The fourth-order valence-corrected chi connectivity index (χ4v) is 60.2. The van der Waals surface area contributed by atoms with Crippen LogP contribution in [-0.2, 0) is 0 Å². The molecule has 0 aromatic heterocycles. The van der Waals surface area contributed by atoms with Gasteiger partial charge in [0.1, 0.15) is 0 Å². The molecule has 0 aromatic rings. The Kier molecular flexibility index (Phi) is 8.47. The summed E-state index contributed by atoms with van der Waals surface area (Å²) in [6.07, 6.45) is 0. The maximum atomic E-state index is 15.8. The Hall–Kier alpha value is 0.938. The summed E-state index contributed by atoms with van der Waals surface area (Å²) in [5, 5.41) is -2.68. The maximum absolute atomic E-state index is 15.8. The van der Waals surface area contributed by atoms with Gasteiger partial charge >= 0.3 is 26.7 Å². The molecule has 1 saturated heterocycles. The third-order valence-electron chi connectivity index (χ3n) is 6.68. The summed E-state index contributed by atoms with van der Waals surface area (Å²) >= 11 is 0. The van der Waals surface area contributed by atoms with Gasteiger partial charge in [0.05, 0.1) is 0 Å². The van der Waals surface area contributed by atoms with Crippen LogP contribution in [0.15, 0.2) is 0 Å². The molecule has 34 heavy (non-hydrogen) atoms. The number of nitrogens with one attached hydrogen (secondary N) is 1. The first-order valence-corrected chi connectivity index (χ1v) is 28.9. The minimum Gasteiger partial charge on any atom is -0.337 e. The molecule has 0 radical (unpaired) electrons. The second-order valence-electron chi connectivity index (χ2n) is 13.7. The zero-order chi connectivity index (χ0) is 27.9. The Morgan fingerprint density at radius 2 is 1.00 bits per heavy atom. The highest BCUT2D eigenvalue weighted by molar-refractivity contribution is 7.20. The molecule has 0 amide bonds. The highest BCUT2D eigenvalue weighted by Gasteiger charge is 2.76. The summed E-state index contributed by atoms with van der Waals surface area (Å²) in [5.74, 6) is 0. The van der Waals surface area contributed by atoms with E-state index in [-0.39, 0.29) is 0 Å². The van der Waals surface area contributed by atoms with Gasteiger partial charge in [0.15, 0.2) is 33.6 Å². The number of nitrogens with zero attached hydrogens (tertiary/aromatic N) is 3. The molecule has 0 aliphatic carbocycles. The maximum Gasteiger partial charge on any atom is 0.504 e. The smallest absolute Gasteiger partial charge is 0.337 e. The van der Waals surface area contributed by atoms with Crippen molar-refractivity contribution in [3.8, 4) is 0 Å². The molecule has 1 fully saturated rings. The van der Waals surface area contributed by atoms with Gasteiger partial charge in [0.2, 0.25) is 0 Å². The number of hydrogen-bond donors (Lipinski definition) is 1. The molecule has 0 aromatic carbocycles. The van der Waals surface area contributed by atoms with Crippen molar-refractivity contribution >= 4 is 60.3 Å². The quantitative estimate of drug-likeness (QED) is 0.186. The molecule has 17 heteroatoms. The highest BCUT2D eigenvalue weighted by Crippen LogP contribution is 2.53. The van der Waals surface area contributed by atoms with Crippen LogP contribution in [0.2, 0.25) is 69.0 Å². The minimum absolute atomic E-state index is 0.376. The summed E-state index contributed by atoms with van der Waals surface area (Å²) < 4.78 is 100. The van der Waals surface area contributed by atoms with Crippen LogP contribution >= 0.6 is 0 Å². The first-order chi connectivity index (χ1) is 14.3. The lowest BCUT2D eigenvalue weighted by atomic mass is 10.3. The van der Waals surface area contributed by atoms with E-state index in [1.54, 1.807) is 24.7 Å². The molecule has 1 aliphatic heterocycles. The Bertz CT molecular complexity index is 760. The van der Waals surface area contributed by atoms with E-state index in [1.807, 2.05) is 39.3 Å². The van der Waals surface area contributed by atoms with Gasteiger partial charge in [0, 0.05) is 16.6 Å². The SMILES string of the molecule is CC(C)(C)[Si](F)(F)N([Si](C)(F)F)[Si](C)(C)N[Si](C)(C)N1[Si](C)(C)N([Si](F)(F)C(C)(C)C)[Si]1(C)C. The van der Waals surface area contributed by atoms with Gasteiger partial charge in [-0.3, -0.25) is 32.4 Å². The van der Waals surface area contributed by atoms with Crippen molar-refractivity contribution in [3.05, 3.63) is 0 Å².